The van der Waals surface area contributed by atoms with Gasteiger partial charge < -0.3 is 5.32 Å². The average Bonchev–Trinajstić information content (AvgIpc) is 2.72. The van der Waals surface area contributed by atoms with E-state index in [-0.39, 0.29) is 0 Å². The van der Waals surface area contributed by atoms with Crippen LogP contribution in [0.5, 0.6) is 0 Å². The van der Waals surface area contributed by atoms with Crippen molar-refractivity contribution >= 4 is 17.0 Å². The first-order valence-corrected chi connectivity index (χ1v) is 6.65. The first-order valence-electron chi connectivity index (χ1n) is 5.71. The molecule has 1 aliphatic rings. The summed E-state index contributed by atoms with van der Waals surface area (Å²) in [5.41, 5.74) is 1.30. The van der Waals surface area contributed by atoms with Gasteiger partial charge in [-0.05, 0) is 23.8 Å². The number of anilines is 1. The van der Waals surface area contributed by atoms with E-state index in [1.54, 1.807) is 11.3 Å². The summed E-state index contributed by atoms with van der Waals surface area (Å²) in [6.45, 7) is 1.15. The predicted molar refractivity (Wildman–Crippen MR) is 64.0 cm³/mol. The molecule has 1 aromatic rings. The van der Waals surface area contributed by atoms with Crippen LogP contribution in [0.3, 0.4) is 0 Å². The third-order valence-electron chi connectivity index (χ3n) is 3.13. The highest BCUT2D eigenvalue weighted by atomic mass is 32.1. The Kier molecular flexibility index (Phi) is 3.87. The standard InChI is InChI=1S/C12H19NS/c1-2-4-11(5-3-1)6-8-13-12-7-9-14-10-12/h7,9-11,13H,1-6,8H2. The van der Waals surface area contributed by atoms with E-state index in [9.17, 15) is 0 Å². The molecule has 0 radical (unpaired) electrons. The molecule has 0 spiro atoms. The minimum atomic E-state index is 0.995. The Hall–Kier alpha value is -0.500. The van der Waals surface area contributed by atoms with Crippen molar-refractivity contribution in [2.75, 3.05) is 11.9 Å². The molecular formula is C12H19NS. The van der Waals surface area contributed by atoms with Crippen molar-refractivity contribution in [1.29, 1.82) is 0 Å². The smallest absolute Gasteiger partial charge is 0.0448 e. The number of thiophene rings is 1. The van der Waals surface area contributed by atoms with Crippen LogP contribution in [0, 0.1) is 5.92 Å². The van der Waals surface area contributed by atoms with E-state index >= 15 is 0 Å². The van der Waals surface area contributed by atoms with Crippen LogP contribution in [0.1, 0.15) is 38.5 Å². The third kappa shape index (κ3) is 3.02. The van der Waals surface area contributed by atoms with Crippen LogP contribution in [-0.2, 0) is 0 Å². The zero-order valence-electron chi connectivity index (χ0n) is 8.67. The summed E-state index contributed by atoms with van der Waals surface area (Å²) in [6.07, 6.45) is 8.67. The second kappa shape index (κ2) is 5.40. The van der Waals surface area contributed by atoms with Gasteiger partial charge in [0.25, 0.3) is 0 Å². The summed E-state index contributed by atoms with van der Waals surface area (Å²) >= 11 is 1.76. The van der Waals surface area contributed by atoms with Crippen LogP contribution in [0.2, 0.25) is 0 Å². The maximum absolute atomic E-state index is 3.48. The Balaban J connectivity index is 1.62. The highest BCUT2D eigenvalue weighted by molar-refractivity contribution is 7.08. The average molecular weight is 209 g/mol. The SMILES string of the molecule is c1cc(NCCC2CCCCC2)cs1. The normalized spacial score (nSPS) is 18.3. The topological polar surface area (TPSA) is 12.0 Å². The van der Waals surface area contributed by atoms with Crippen LogP contribution in [0.4, 0.5) is 5.69 Å². The van der Waals surface area contributed by atoms with Gasteiger partial charge in [-0.2, -0.15) is 11.3 Å². The molecule has 1 nitrogen and oxygen atoms in total. The molecule has 2 heteroatoms. The summed E-state index contributed by atoms with van der Waals surface area (Å²) in [6, 6.07) is 2.16. The van der Waals surface area contributed by atoms with E-state index < -0.39 is 0 Å². The highest BCUT2D eigenvalue weighted by Gasteiger charge is 2.12. The van der Waals surface area contributed by atoms with Crippen LogP contribution in [-0.4, -0.2) is 6.54 Å². The molecule has 0 aliphatic heterocycles. The van der Waals surface area contributed by atoms with E-state index in [0.29, 0.717) is 0 Å². The largest absolute Gasteiger partial charge is 0.384 e. The van der Waals surface area contributed by atoms with E-state index in [1.807, 2.05) is 0 Å². The molecule has 0 aromatic carbocycles. The quantitative estimate of drug-likeness (QED) is 0.786. The minimum absolute atomic E-state index is 0.995. The van der Waals surface area contributed by atoms with Crippen LogP contribution in [0.15, 0.2) is 16.8 Å². The molecule has 14 heavy (non-hydrogen) atoms. The van der Waals surface area contributed by atoms with Gasteiger partial charge in [0.05, 0.1) is 0 Å². The Morgan fingerprint density at radius 2 is 2.14 bits per heavy atom. The molecule has 1 N–H and O–H groups in total. The summed E-state index contributed by atoms with van der Waals surface area (Å²) in [7, 11) is 0. The molecule has 1 saturated carbocycles. The molecule has 1 aromatic heterocycles. The maximum atomic E-state index is 3.48. The van der Waals surface area contributed by atoms with Crippen molar-refractivity contribution < 1.29 is 0 Å². The monoisotopic (exact) mass is 209 g/mol. The molecule has 1 aliphatic carbocycles. The number of hydrogen-bond donors (Lipinski definition) is 1. The van der Waals surface area contributed by atoms with Crippen LogP contribution < -0.4 is 5.32 Å². The lowest BCUT2D eigenvalue weighted by Crippen LogP contribution is -2.11. The summed E-state index contributed by atoms with van der Waals surface area (Å²) < 4.78 is 0. The fraction of sp³-hybridized carbons (Fsp3) is 0.667. The van der Waals surface area contributed by atoms with Gasteiger partial charge in [-0.15, -0.1) is 0 Å². The van der Waals surface area contributed by atoms with Gasteiger partial charge in [-0.1, -0.05) is 32.1 Å². The van der Waals surface area contributed by atoms with Gasteiger partial charge in [0.2, 0.25) is 0 Å². The molecule has 0 bridgehead atoms. The molecule has 0 atom stereocenters. The fourth-order valence-corrected chi connectivity index (χ4v) is 2.87. The Labute approximate surface area is 90.5 Å². The van der Waals surface area contributed by atoms with Gasteiger partial charge in [-0.25, -0.2) is 0 Å². The van der Waals surface area contributed by atoms with Gasteiger partial charge in [0.15, 0.2) is 0 Å². The lowest BCUT2D eigenvalue weighted by atomic mass is 9.87. The van der Waals surface area contributed by atoms with Crippen molar-refractivity contribution in [3.8, 4) is 0 Å². The van der Waals surface area contributed by atoms with Gasteiger partial charge >= 0.3 is 0 Å². The van der Waals surface area contributed by atoms with Crippen molar-refractivity contribution in [3.05, 3.63) is 16.8 Å². The molecule has 1 heterocycles. The minimum Gasteiger partial charge on any atom is -0.384 e. The summed E-state index contributed by atoms with van der Waals surface area (Å²) in [4.78, 5) is 0. The Morgan fingerprint density at radius 1 is 1.29 bits per heavy atom. The lowest BCUT2D eigenvalue weighted by Gasteiger charge is -2.21. The third-order valence-corrected chi connectivity index (χ3v) is 3.81. The van der Waals surface area contributed by atoms with E-state index in [0.717, 1.165) is 12.5 Å². The van der Waals surface area contributed by atoms with E-state index in [4.69, 9.17) is 0 Å². The maximum Gasteiger partial charge on any atom is 0.0448 e. The first kappa shape index (κ1) is 10.0. The second-order valence-electron chi connectivity index (χ2n) is 4.23. The van der Waals surface area contributed by atoms with E-state index in [2.05, 4.69) is 22.1 Å². The second-order valence-corrected chi connectivity index (χ2v) is 5.01. The van der Waals surface area contributed by atoms with Crippen LogP contribution in [0.25, 0.3) is 0 Å². The Morgan fingerprint density at radius 3 is 2.86 bits per heavy atom. The van der Waals surface area contributed by atoms with Crippen molar-refractivity contribution in [2.24, 2.45) is 5.92 Å². The first-order chi connectivity index (χ1) is 6.95. The zero-order chi connectivity index (χ0) is 9.64. The zero-order valence-corrected chi connectivity index (χ0v) is 9.48. The highest BCUT2D eigenvalue weighted by Crippen LogP contribution is 2.26. The molecule has 78 valence electrons. The number of nitrogens with one attached hydrogen (secondary N) is 1. The number of hydrogen-bond acceptors (Lipinski definition) is 2. The van der Waals surface area contributed by atoms with Crippen molar-refractivity contribution in [3.63, 3.8) is 0 Å². The Bertz CT molecular complexity index is 237. The lowest BCUT2D eigenvalue weighted by molar-refractivity contribution is 0.345. The fourth-order valence-electron chi connectivity index (χ4n) is 2.26. The van der Waals surface area contributed by atoms with E-state index in [1.165, 1.54) is 44.2 Å². The summed E-state index contributed by atoms with van der Waals surface area (Å²) in [5.74, 6) is 0.995. The predicted octanol–water partition coefficient (Wildman–Crippen LogP) is 4.13. The van der Waals surface area contributed by atoms with Gasteiger partial charge in [0.1, 0.15) is 0 Å². The number of rotatable bonds is 4. The molecule has 0 saturated heterocycles. The van der Waals surface area contributed by atoms with Gasteiger partial charge in [-0.3, -0.25) is 0 Å². The summed E-state index contributed by atoms with van der Waals surface area (Å²) in [5, 5.41) is 7.79. The van der Waals surface area contributed by atoms with Crippen molar-refractivity contribution in [2.45, 2.75) is 38.5 Å². The molecular weight excluding hydrogens is 190 g/mol. The van der Waals surface area contributed by atoms with Gasteiger partial charge in [0, 0.05) is 17.6 Å². The molecule has 2 rings (SSSR count). The molecule has 0 unspecified atom stereocenters. The van der Waals surface area contributed by atoms with Crippen LogP contribution >= 0.6 is 11.3 Å². The molecule has 0 amide bonds. The molecule has 1 fully saturated rings. The van der Waals surface area contributed by atoms with Crippen molar-refractivity contribution in [1.82, 2.24) is 0 Å².